The number of nitrogens with one attached hydrogen (secondary N) is 1. The average Bonchev–Trinajstić information content (AvgIpc) is 3.71. The lowest BCUT2D eigenvalue weighted by Gasteiger charge is -2.33. The first kappa shape index (κ1) is 30.2. The first-order valence-electron chi connectivity index (χ1n) is 16.0. The molecule has 0 spiro atoms. The van der Waals surface area contributed by atoms with Crippen molar-refractivity contribution in [2.24, 2.45) is 5.92 Å². The molecule has 11 heteroatoms. The molecule has 3 heterocycles. The third kappa shape index (κ3) is 6.46. The summed E-state index contributed by atoms with van der Waals surface area (Å²) in [5, 5.41) is 13.7. The highest BCUT2D eigenvalue weighted by Gasteiger charge is 2.47. The Morgan fingerprint density at radius 1 is 1.00 bits per heavy atom. The molecule has 3 unspecified atom stereocenters. The van der Waals surface area contributed by atoms with Crippen molar-refractivity contribution in [2.75, 3.05) is 54.1 Å². The minimum absolute atomic E-state index is 0.0230. The van der Waals surface area contributed by atoms with Crippen LogP contribution in [-0.4, -0.2) is 69.1 Å². The Balaban J connectivity index is 1.21. The molecule has 2 aromatic carbocycles. The molecule has 3 aromatic rings. The number of amides is 1. The van der Waals surface area contributed by atoms with Crippen LogP contribution in [0.1, 0.15) is 61.8 Å². The minimum Gasteiger partial charge on any atom is -0.370 e. The molecular formula is C34H39N5O4S2. The van der Waals surface area contributed by atoms with Crippen LogP contribution in [0.2, 0.25) is 0 Å². The SMILES string of the molecule is N#CC1(NC(=O)C2CCCCC2c2nc(N3CCOC(c4ccccc4)C3)sc2-c2ccc(N3CCS(=O)(=O)CC3)cc2)CC1. The molecule has 1 N–H and O–H groups in total. The Labute approximate surface area is 269 Å². The van der Waals surface area contributed by atoms with E-state index in [2.05, 4.69) is 57.6 Å². The Kier molecular flexibility index (Phi) is 8.31. The molecule has 2 saturated carbocycles. The molecule has 4 fully saturated rings. The van der Waals surface area contributed by atoms with Gasteiger partial charge in [-0.25, -0.2) is 13.4 Å². The van der Waals surface area contributed by atoms with Gasteiger partial charge in [0.2, 0.25) is 5.91 Å². The van der Waals surface area contributed by atoms with E-state index in [1.54, 1.807) is 11.3 Å². The number of nitrogens with zero attached hydrogens (tertiary/aromatic N) is 4. The molecule has 2 saturated heterocycles. The van der Waals surface area contributed by atoms with Gasteiger partial charge in [-0.15, -0.1) is 0 Å². The third-order valence-corrected chi connectivity index (χ3v) is 12.6. The van der Waals surface area contributed by atoms with Gasteiger partial charge in [-0.1, -0.05) is 66.6 Å². The molecule has 3 atom stereocenters. The summed E-state index contributed by atoms with van der Waals surface area (Å²) in [6, 6.07) is 21.0. The van der Waals surface area contributed by atoms with Crippen LogP contribution in [-0.2, 0) is 19.4 Å². The summed E-state index contributed by atoms with van der Waals surface area (Å²) in [6.45, 7) is 3.05. The van der Waals surface area contributed by atoms with Crippen molar-refractivity contribution in [1.82, 2.24) is 10.3 Å². The van der Waals surface area contributed by atoms with Gasteiger partial charge in [0, 0.05) is 37.2 Å². The fourth-order valence-corrected chi connectivity index (χ4v) is 9.27. The van der Waals surface area contributed by atoms with Crippen LogP contribution in [0.3, 0.4) is 0 Å². The van der Waals surface area contributed by atoms with Gasteiger partial charge in [-0.3, -0.25) is 4.79 Å². The molecule has 9 nitrogen and oxygen atoms in total. The third-order valence-electron chi connectivity index (χ3n) is 9.77. The fraction of sp³-hybridized carbons (Fsp3) is 0.500. The number of thiazole rings is 1. The molecule has 0 radical (unpaired) electrons. The van der Waals surface area contributed by atoms with Gasteiger partial charge in [0.1, 0.15) is 11.6 Å². The van der Waals surface area contributed by atoms with Crippen molar-refractivity contribution in [2.45, 2.75) is 56.1 Å². The van der Waals surface area contributed by atoms with Gasteiger partial charge in [0.05, 0.1) is 41.3 Å². The first-order chi connectivity index (χ1) is 21.8. The molecule has 2 aliphatic heterocycles. The van der Waals surface area contributed by atoms with Crippen molar-refractivity contribution < 1.29 is 17.9 Å². The lowest BCUT2D eigenvalue weighted by molar-refractivity contribution is -0.127. The highest BCUT2D eigenvalue weighted by Crippen LogP contribution is 2.47. The zero-order valence-corrected chi connectivity index (χ0v) is 27.0. The lowest BCUT2D eigenvalue weighted by Crippen LogP contribution is -2.42. The maximum Gasteiger partial charge on any atom is 0.225 e. The normalized spacial score (nSPS) is 25.7. The van der Waals surface area contributed by atoms with E-state index >= 15 is 0 Å². The monoisotopic (exact) mass is 645 g/mol. The molecule has 4 aliphatic rings. The van der Waals surface area contributed by atoms with Crippen LogP contribution >= 0.6 is 11.3 Å². The lowest BCUT2D eigenvalue weighted by atomic mass is 9.76. The molecular weight excluding hydrogens is 607 g/mol. The summed E-state index contributed by atoms with van der Waals surface area (Å²) >= 11 is 1.68. The zero-order valence-electron chi connectivity index (χ0n) is 25.4. The van der Waals surface area contributed by atoms with Crippen LogP contribution in [0.5, 0.6) is 0 Å². The summed E-state index contributed by atoms with van der Waals surface area (Å²) in [6.07, 6.45) is 5.08. The Bertz CT molecular complexity index is 1670. The smallest absolute Gasteiger partial charge is 0.225 e. The van der Waals surface area contributed by atoms with Crippen molar-refractivity contribution in [3.63, 3.8) is 0 Å². The van der Waals surface area contributed by atoms with Crippen LogP contribution < -0.4 is 15.1 Å². The maximum absolute atomic E-state index is 13.7. The quantitative estimate of drug-likeness (QED) is 0.379. The van der Waals surface area contributed by atoms with Gasteiger partial charge in [0.15, 0.2) is 15.0 Å². The Morgan fingerprint density at radius 3 is 2.44 bits per heavy atom. The van der Waals surface area contributed by atoms with Crippen LogP contribution in [0.15, 0.2) is 54.6 Å². The molecule has 0 bridgehead atoms. The van der Waals surface area contributed by atoms with Gasteiger partial charge in [-0.2, -0.15) is 5.26 Å². The van der Waals surface area contributed by atoms with E-state index in [1.165, 1.54) is 0 Å². The highest BCUT2D eigenvalue weighted by molar-refractivity contribution is 7.91. The molecule has 1 amide bonds. The highest BCUT2D eigenvalue weighted by atomic mass is 32.2. The first-order valence-corrected chi connectivity index (χ1v) is 18.7. The van der Waals surface area contributed by atoms with Crippen molar-refractivity contribution in [1.29, 1.82) is 5.26 Å². The number of nitriles is 1. The minimum atomic E-state index is -2.96. The number of anilines is 2. The summed E-state index contributed by atoms with van der Waals surface area (Å²) < 4.78 is 30.1. The predicted molar refractivity (Wildman–Crippen MR) is 176 cm³/mol. The number of hydrogen-bond acceptors (Lipinski definition) is 9. The molecule has 236 valence electrons. The van der Waals surface area contributed by atoms with Crippen molar-refractivity contribution in [3.05, 3.63) is 65.9 Å². The second-order valence-corrected chi connectivity index (χ2v) is 16.1. The van der Waals surface area contributed by atoms with E-state index in [9.17, 15) is 18.5 Å². The number of morpholine rings is 1. The second kappa shape index (κ2) is 12.4. The summed E-state index contributed by atoms with van der Waals surface area (Å²) in [4.78, 5) is 24.5. The van der Waals surface area contributed by atoms with Crippen LogP contribution in [0.25, 0.3) is 10.4 Å². The number of sulfone groups is 1. The molecule has 1 aromatic heterocycles. The molecule has 7 rings (SSSR count). The summed E-state index contributed by atoms with van der Waals surface area (Å²) in [5.74, 6) is 0.0727. The van der Waals surface area contributed by atoms with Crippen LogP contribution in [0.4, 0.5) is 10.8 Å². The van der Waals surface area contributed by atoms with Crippen LogP contribution in [0, 0.1) is 17.2 Å². The van der Waals surface area contributed by atoms with E-state index in [1.807, 2.05) is 18.2 Å². The van der Waals surface area contributed by atoms with E-state index in [-0.39, 0.29) is 35.4 Å². The number of carbonyl (C=O) groups excluding carboxylic acids is 1. The van der Waals surface area contributed by atoms with E-state index in [4.69, 9.17) is 9.72 Å². The summed E-state index contributed by atoms with van der Waals surface area (Å²) in [5.41, 5.74) is 3.49. The Morgan fingerprint density at radius 2 is 1.73 bits per heavy atom. The number of rotatable bonds is 7. The van der Waals surface area contributed by atoms with E-state index in [0.29, 0.717) is 39.1 Å². The number of benzene rings is 2. The van der Waals surface area contributed by atoms with Gasteiger partial charge in [0.25, 0.3) is 0 Å². The molecule has 2 aliphatic carbocycles. The van der Waals surface area contributed by atoms with Crippen molar-refractivity contribution in [3.8, 4) is 16.5 Å². The second-order valence-electron chi connectivity index (χ2n) is 12.8. The van der Waals surface area contributed by atoms with Gasteiger partial charge in [-0.05, 0) is 48.9 Å². The standard InChI is InChI=1S/C34H39N5O4S2/c35-23-34(14-15-34)37-32(40)28-9-5-4-8-27(28)30-31(25-10-12-26(13-11-25)38-17-20-45(41,42)21-18-38)44-33(36-30)39-16-19-43-29(22-39)24-6-2-1-3-7-24/h1-3,6-7,10-13,27-29H,4-5,8-9,14-22H2,(H,37,40). The topological polar surface area (TPSA) is 116 Å². The largest absolute Gasteiger partial charge is 0.370 e. The summed E-state index contributed by atoms with van der Waals surface area (Å²) in [7, 11) is -2.96. The number of ether oxygens (including phenoxy) is 1. The predicted octanol–water partition coefficient (Wildman–Crippen LogP) is 5.07. The maximum atomic E-state index is 13.7. The average molecular weight is 646 g/mol. The van der Waals surface area contributed by atoms with E-state index < -0.39 is 15.4 Å². The Hall–Kier alpha value is -3.46. The fourth-order valence-electron chi connectivity index (χ4n) is 6.89. The van der Waals surface area contributed by atoms with Gasteiger partial charge < -0.3 is 19.9 Å². The number of hydrogen-bond donors (Lipinski definition) is 1. The van der Waals surface area contributed by atoms with Crippen molar-refractivity contribution >= 4 is 37.9 Å². The zero-order chi connectivity index (χ0) is 31.0. The van der Waals surface area contributed by atoms with E-state index in [0.717, 1.165) is 64.7 Å². The van der Waals surface area contributed by atoms with Gasteiger partial charge >= 0.3 is 0 Å². The number of carbonyl (C=O) groups is 1. The number of aromatic nitrogens is 1. The molecule has 45 heavy (non-hydrogen) atoms.